The Hall–Kier alpha value is -1.49. The fraction of sp³-hybridized carbons (Fsp3) is 0.385. The van der Waals surface area contributed by atoms with Gasteiger partial charge in [0.1, 0.15) is 5.54 Å². The van der Waals surface area contributed by atoms with Crippen molar-refractivity contribution in [2.24, 2.45) is 0 Å². The lowest BCUT2D eigenvalue weighted by Gasteiger charge is -2.16. The van der Waals surface area contributed by atoms with Crippen LogP contribution in [0.25, 0.3) is 0 Å². The molecule has 1 aromatic carbocycles. The van der Waals surface area contributed by atoms with E-state index in [1.165, 1.54) is 0 Å². The van der Waals surface area contributed by atoms with Gasteiger partial charge in [-0.3, -0.25) is 4.79 Å². The van der Waals surface area contributed by atoms with E-state index >= 15 is 0 Å². The van der Waals surface area contributed by atoms with Crippen molar-refractivity contribution in [3.8, 4) is 0 Å². The van der Waals surface area contributed by atoms with Crippen molar-refractivity contribution in [2.75, 3.05) is 5.75 Å². The van der Waals surface area contributed by atoms with Crippen LogP contribution in [0.3, 0.4) is 0 Å². The van der Waals surface area contributed by atoms with E-state index in [0.29, 0.717) is 18.6 Å². The van der Waals surface area contributed by atoms with Crippen LogP contribution < -0.4 is 5.32 Å². The molecule has 1 fully saturated rings. The molecule has 1 atom stereocenters. The van der Waals surface area contributed by atoms with Crippen LogP contribution in [0.2, 0.25) is 0 Å². The zero-order valence-corrected chi connectivity index (χ0v) is 10.5. The molecule has 2 N–H and O–H groups in total. The third-order valence-corrected chi connectivity index (χ3v) is 4.72. The molecule has 1 saturated carbocycles. The molecule has 4 nitrogen and oxygen atoms in total. The van der Waals surface area contributed by atoms with Crippen molar-refractivity contribution in [2.45, 2.75) is 29.2 Å². The average molecular weight is 263 g/mol. The van der Waals surface area contributed by atoms with Crippen LogP contribution in [-0.2, 0) is 9.59 Å². The zero-order chi connectivity index (χ0) is 12.8. The molecule has 2 aliphatic rings. The lowest BCUT2D eigenvalue weighted by atomic mass is 10.00. The summed E-state index contributed by atoms with van der Waals surface area (Å²) in [5, 5.41) is 11.8. The molecule has 0 spiro atoms. The number of carboxylic acids is 1. The lowest BCUT2D eigenvalue weighted by Crippen LogP contribution is -2.45. The summed E-state index contributed by atoms with van der Waals surface area (Å²) in [6.07, 6.45) is 1.07. The van der Waals surface area contributed by atoms with Crippen LogP contribution in [0.1, 0.15) is 24.3 Å². The van der Waals surface area contributed by atoms with Gasteiger partial charge >= 0.3 is 5.97 Å². The third kappa shape index (κ3) is 1.79. The molecule has 94 valence electrons. The summed E-state index contributed by atoms with van der Waals surface area (Å²) in [6, 6.07) is 7.80. The molecule has 0 saturated heterocycles. The molecule has 5 heteroatoms. The van der Waals surface area contributed by atoms with Gasteiger partial charge in [0.15, 0.2) is 0 Å². The second kappa shape index (κ2) is 4.02. The molecule has 1 aliphatic carbocycles. The highest BCUT2D eigenvalue weighted by molar-refractivity contribution is 7.99. The number of hydrogen-bond donors (Lipinski definition) is 2. The standard InChI is InChI=1S/C13H13NO3S/c15-11(14-13(5-6-13)12(16)17)9-7-18-10-4-2-1-3-8(9)10/h1-4,9H,5-7H2,(H,14,15)(H,16,17)/t9-/m0/s1. The molecule has 0 bridgehead atoms. The van der Waals surface area contributed by atoms with E-state index in [-0.39, 0.29) is 11.8 Å². The predicted molar refractivity (Wildman–Crippen MR) is 67.7 cm³/mol. The Kier molecular flexibility index (Phi) is 2.59. The molecule has 0 aromatic heterocycles. The lowest BCUT2D eigenvalue weighted by molar-refractivity contribution is -0.143. The molecular weight excluding hydrogens is 250 g/mol. The second-order valence-corrected chi connectivity index (χ2v) is 5.84. The quantitative estimate of drug-likeness (QED) is 0.869. The fourth-order valence-electron chi connectivity index (χ4n) is 2.22. The largest absolute Gasteiger partial charge is 0.480 e. The Morgan fingerprint density at radius 3 is 2.72 bits per heavy atom. The summed E-state index contributed by atoms with van der Waals surface area (Å²) in [5.41, 5.74) is 0.0282. The third-order valence-electron chi connectivity index (χ3n) is 3.54. The Balaban J connectivity index is 1.77. The maximum atomic E-state index is 12.2. The van der Waals surface area contributed by atoms with Crippen molar-refractivity contribution in [3.05, 3.63) is 29.8 Å². The Morgan fingerprint density at radius 1 is 1.33 bits per heavy atom. The van der Waals surface area contributed by atoms with E-state index in [9.17, 15) is 9.59 Å². The smallest absolute Gasteiger partial charge is 0.329 e. The summed E-state index contributed by atoms with van der Waals surface area (Å²) >= 11 is 1.65. The van der Waals surface area contributed by atoms with Gasteiger partial charge in [-0.2, -0.15) is 0 Å². The first-order valence-corrected chi connectivity index (χ1v) is 6.88. The predicted octanol–water partition coefficient (Wildman–Crippen LogP) is 1.61. The molecule has 1 aliphatic heterocycles. The molecule has 0 radical (unpaired) electrons. The average Bonchev–Trinajstić information content (AvgIpc) is 3.01. The summed E-state index contributed by atoms with van der Waals surface area (Å²) in [7, 11) is 0. The van der Waals surface area contributed by atoms with E-state index in [1.807, 2.05) is 24.3 Å². The van der Waals surface area contributed by atoms with E-state index in [2.05, 4.69) is 5.32 Å². The van der Waals surface area contributed by atoms with Gasteiger partial charge in [-0.25, -0.2) is 4.79 Å². The van der Waals surface area contributed by atoms with Crippen LogP contribution in [0.4, 0.5) is 0 Å². The van der Waals surface area contributed by atoms with Gasteiger partial charge in [0.2, 0.25) is 5.91 Å². The van der Waals surface area contributed by atoms with Gasteiger partial charge < -0.3 is 10.4 Å². The van der Waals surface area contributed by atoms with Gasteiger partial charge in [-0.05, 0) is 24.5 Å². The highest BCUT2D eigenvalue weighted by Gasteiger charge is 2.52. The number of carbonyl (C=O) groups excluding carboxylic acids is 1. The topological polar surface area (TPSA) is 66.4 Å². The minimum Gasteiger partial charge on any atom is -0.480 e. The molecule has 3 rings (SSSR count). The second-order valence-electron chi connectivity index (χ2n) is 4.78. The molecule has 1 aromatic rings. The summed E-state index contributed by atoms with van der Waals surface area (Å²) < 4.78 is 0. The summed E-state index contributed by atoms with van der Waals surface area (Å²) in [6.45, 7) is 0. The number of rotatable bonds is 3. The minimum atomic E-state index is -0.987. The van der Waals surface area contributed by atoms with Crippen molar-refractivity contribution >= 4 is 23.6 Å². The maximum Gasteiger partial charge on any atom is 0.329 e. The maximum absolute atomic E-state index is 12.2. The van der Waals surface area contributed by atoms with E-state index < -0.39 is 11.5 Å². The molecule has 1 amide bonds. The van der Waals surface area contributed by atoms with Crippen LogP contribution in [0.15, 0.2) is 29.2 Å². The summed E-state index contributed by atoms with van der Waals surface area (Å²) in [4.78, 5) is 24.4. The van der Waals surface area contributed by atoms with Crippen molar-refractivity contribution < 1.29 is 14.7 Å². The van der Waals surface area contributed by atoms with Gasteiger partial charge in [0.05, 0.1) is 5.92 Å². The van der Waals surface area contributed by atoms with E-state index in [0.717, 1.165) is 10.5 Å². The van der Waals surface area contributed by atoms with Crippen LogP contribution in [-0.4, -0.2) is 28.3 Å². The number of nitrogens with one attached hydrogen (secondary N) is 1. The molecular formula is C13H13NO3S. The molecule has 1 heterocycles. The number of amides is 1. The van der Waals surface area contributed by atoms with Gasteiger partial charge in [-0.15, -0.1) is 11.8 Å². The SMILES string of the molecule is O=C(NC1(C(=O)O)CC1)[C@H]1CSc2ccccc21. The first-order chi connectivity index (χ1) is 8.62. The Bertz CT molecular complexity index is 525. The number of carboxylic acid groups (broad SMARTS) is 1. The Morgan fingerprint density at radius 2 is 2.06 bits per heavy atom. The summed E-state index contributed by atoms with van der Waals surface area (Å²) in [5.74, 6) is -0.605. The number of fused-ring (bicyclic) bond motifs is 1. The number of aliphatic carboxylic acids is 1. The zero-order valence-electron chi connectivity index (χ0n) is 9.68. The normalized spacial score (nSPS) is 23.2. The number of carbonyl (C=O) groups is 2. The van der Waals surface area contributed by atoms with Crippen molar-refractivity contribution in [3.63, 3.8) is 0 Å². The minimum absolute atomic E-state index is 0.160. The fourth-order valence-corrected chi connectivity index (χ4v) is 3.45. The number of benzene rings is 1. The number of thioether (sulfide) groups is 1. The van der Waals surface area contributed by atoms with Gasteiger partial charge in [-0.1, -0.05) is 18.2 Å². The van der Waals surface area contributed by atoms with Crippen LogP contribution >= 0.6 is 11.8 Å². The van der Waals surface area contributed by atoms with Gasteiger partial charge in [0, 0.05) is 10.6 Å². The highest BCUT2D eigenvalue weighted by atomic mass is 32.2. The van der Waals surface area contributed by atoms with Crippen LogP contribution in [0, 0.1) is 0 Å². The number of hydrogen-bond acceptors (Lipinski definition) is 3. The van der Waals surface area contributed by atoms with Crippen molar-refractivity contribution in [1.82, 2.24) is 5.32 Å². The first-order valence-electron chi connectivity index (χ1n) is 5.89. The molecule has 0 unspecified atom stereocenters. The van der Waals surface area contributed by atoms with Crippen molar-refractivity contribution in [1.29, 1.82) is 0 Å². The Labute approximate surface area is 109 Å². The van der Waals surface area contributed by atoms with E-state index in [4.69, 9.17) is 5.11 Å². The molecule has 18 heavy (non-hydrogen) atoms. The van der Waals surface area contributed by atoms with E-state index in [1.54, 1.807) is 11.8 Å². The first kappa shape index (κ1) is 11.6. The van der Waals surface area contributed by atoms with Crippen LogP contribution in [0.5, 0.6) is 0 Å². The highest BCUT2D eigenvalue weighted by Crippen LogP contribution is 2.41. The monoisotopic (exact) mass is 263 g/mol. The van der Waals surface area contributed by atoms with Gasteiger partial charge in [0.25, 0.3) is 0 Å².